The van der Waals surface area contributed by atoms with Crippen LogP contribution in [0, 0.1) is 0 Å². The number of hydrogen-bond acceptors (Lipinski definition) is 3. The summed E-state index contributed by atoms with van der Waals surface area (Å²) in [5, 5.41) is 10.1. The number of carboxylic acids is 1. The molecule has 2 aromatic carbocycles. The Bertz CT molecular complexity index is 839. The van der Waals surface area contributed by atoms with Crippen molar-refractivity contribution in [1.82, 2.24) is 4.98 Å². The van der Waals surface area contributed by atoms with Crippen molar-refractivity contribution in [3.8, 4) is 5.75 Å². The van der Waals surface area contributed by atoms with Gasteiger partial charge < -0.3 is 20.6 Å². The molecule has 0 bridgehead atoms. The molecule has 0 unspecified atom stereocenters. The molecule has 0 aliphatic carbocycles. The lowest BCUT2D eigenvalue weighted by Gasteiger charge is -2.08. The lowest BCUT2D eigenvalue weighted by molar-refractivity contribution is 0.0696. The Morgan fingerprint density at radius 1 is 1.22 bits per heavy atom. The van der Waals surface area contributed by atoms with Crippen LogP contribution in [0.3, 0.4) is 0 Å². The van der Waals surface area contributed by atoms with Gasteiger partial charge in [-0.3, -0.25) is 0 Å². The average molecular weight is 310 g/mol. The van der Waals surface area contributed by atoms with E-state index in [9.17, 15) is 4.79 Å². The molecule has 118 valence electrons. The van der Waals surface area contributed by atoms with Crippen molar-refractivity contribution < 1.29 is 14.6 Å². The first kappa shape index (κ1) is 15.1. The van der Waals surface area contributed by atoms with Gasteiger partial charge in [0.05, 0.1) is 5.56 Å². The SMILES string of the molecule is NCCc1c[nH]c2ccc(OCc3cccc(C(=O)O)c3)cc12. The Morgan fingerprint density at radius 3 is 2.87 bits per heavy atom. The Hall–Kier alpha value is -2.79. The van der Waals surface area contributed by atoms with E-state index in [0.29, 0.717) is 13.2 Å². The van der Waals surface area contributed by atoms with Crippen LogP contribution in [0.4, 0.5) is 0 Å². The van der Waals surface area contributed by atoms with E-state index in [1.807, 2.05) is 30.5 Å². The molecule has 5 heteroatoms. The number of aromatic amines is 1. The number of carbonyl (C=O) groups is 1. The molecule has 4 N–H and O–H groups in total. The number of aromatic carboxylic acids is 1. The van der Waals surface area contributed by atoms with Crippen LogP contribution in [0.5, 0.6) is 5.75 Å². The van der Waals surface area contributed by atoms with Gasteiger partial charge in [0.15, 0.2) is 0 Å². The number of carboxylic acid groups (broad SMARTS) is 1. The summed E-state index contributed by atoms with van der Waals surface area (Å²) in [4.78, 5) is 14.2. The first-order chi connectivity index (χ1) is 11.2. The molecular formula is C18H18N2O3. The zero-order valence-corrected chi connectivity index (χ0v) is 12.6. The third kappa shape index (κ3) is 3.35. The van der Waals surface area contributed by atoms with Crippen molar-refractivity contribution in [2.75, 3.05) is 6.54 Å². The highest BCUT2D eigenvalue weighted by molar-refractivity contribution is 5.87. The van der Waals surface area contributed by atoms with Gasteiger partial charge in [0.2, 0.25) is 0 Å². The monoisotopic (exact) mass is 310 g/mol. The van der Waals surface area contributed by atoms with Gasteiger partial charge in [-0.05, 0) is 54.4 Å². The number of rotatable bonds is 6. The maximum atomic E-state index is 11.0. The molecule has 1 heterocycles. The Morgan fingerprint density at radius 2 is 2.09 bits per heavy atom. The lowest BCUT2D eigenvalue weighted by Crippen LogP contribution is -2.02. The summed E-state index contributed by atoms with van der Waals surface area (Å²) in [6.45, 7) is 0.920. The molecule has 0 saturated heterocycles. The molecule has 3 rings (SSSR count). The molecule has 3 aromatic rings. The molecule has 0 saturated carbocycles. The van der Waals surface area contributed by atoms with Crippen molar-refractivity contribution in [3.63, 3.8) is 0 Å². The molecule has 1 aromatic heterocycles. The van der Waals surface area contributed by atoms with E-state index in [1.54, 1.807) is 18.2 Å². The zero-order valence-electron chi connectivity index (χ0n) is 12.6. The first-order valence-corrected chi connectivity index (χ1v) is 7.42. The third-order valence-electron chi connectivity index (χ3n) is 3.73. The highest BCUT2D eigenvalue weighted by atomic mass is 16.5. The standard InChI is InChI=1S/C18H18N2O3/c19-7-6-14-10-20-17-5-4-15(9-16(14)17)23-11-12-2-1-3-13(8-12)18(21)22/h1-5,8-10,20H,6-7,11,19H2,(H,21,22). The van der Waals surface area contributed by atoms with Crippen LogP contribution in [-0.4, -0.2) is 22.6 Å². The maximum Gasteiger partial charge on any atom is 0.335 e. The van der Waals surface area contributed by atoms with Gasteiger partial charge in [0, 0.05) is 17.1 Å². The fourth-order valence-electron chi connectivity index (χ4n) is 2.57. The summed E-state index contributed by atoms with van der Waals surface area (Å²) in [6, 6.07) is 12.6. The lowest BCUT2D eigenvalue weighted by atomic mass is 10.1. The van der Waals surface area contributed by atoms with Crippen molar-refractivity contribution in [3.05, 3.63) is 65.4 Å². The van der Waals surface area contributed by atoms with Crippen molar-refractivity contribution in [2.45, 2.75) is 13.0 Å². The van der Waals surface area contributed by atoms with Gasteiger partial charge in [-0.2, -0.15) is 0 Å². The fourth-order valence-corrected chi connectivity index (χ4v) is 2.57. The molecule has 0 fully saturated rings. The summed E-state index contributed by atoms with van der Waals surface area (Å²) in [6.07, 6.45) is 2.78. The van der Waals surface area contributed by atoms with Crippen LogP contribution in [0.15, 0.2) is 48.7 Å². The summed E-state index contributed by atoms with van der Waals surface area (Å²) in [5.41, 5.74) is 8.93. The minimum Gasteiger partial charge on any atom is -0.489 e. The predicted molar refractivity (Wildman–Crippen MR) is 88.8 cm³/mol. The topological polar surface area (TPSA) is 88.3 Å². The summed E-state index contributed by atoms with van der Waals surface area (Å²) in [5.74, 6) is -0.192. The number of ether oxygens (including phenoxy) is 1. The number of fused-ring (bicyclic) bond motifs is 1. The molecule has 0 amide bonds. The van der Waals surface area contributed by atoms with Crippen LogP contribution in [0.1, 0.15) is 21.5 Å². The first-order valence-electron chi connectivity index (χ1n) is 7.42. The van der Waals surface area contributed by atoms with Gasteiger partial charge in [-0.15, -0.1) is 0 Å². The highest BCUT2D eigenvalue weighted by Crippen LogP contribution is 2.24. The Kier molecular flexibility index (Phi) is 4.30. The van der Waals surface area contributed by atoms with Gasteiger partial charge in [0.1, 0.15) is 12.4 Å². The average Bonchev–Trinajstić information content (AvgIpc) is 2.96. The highest BCUT2D eigenvalue weighted by Gasteiger charge is 2.06. The van der Waals surface area contributed by atoms with Crippen molar-refractivity contribution in [2.24, 2.45) is 5.73 Å². The van der Waals surface area contributed by atoms with E-state index in [-0.39, 0.29) is 5.56 Å². The van der Waals surface area contributed by atoms with Crippen LogP contribution in [0.2, 0.25) is 0 Å². The largest absolute Gasteiger partial charge is 0.489 e. The van der Waals surface area contributed by atoms with Crippen LogP contribution >= 0.6 is 0 Å². The maximum absolute atomic E-state index is 11.0. The number of aromatic nitrogens is 1. The van der Waals surface area contributed by atoms with Gasteiger partial charge in [-0.25, -0.2) is 4.79 Å². The minimum absolute atomic E-state index is 0.261. The molecule has 0 radical (unpaired) electrons. The van der Waals surface area contributed by atoms with E-state index in [2.05, 4.69) is 4.98 Å². The second-order valence-electron chi connectivity index (χ2n) is 5.35. The number of hydrogen-bond donors (Lipinski definition) is 3. The predicted octanol–water partition coefficient (Wildman–Crippen LogP) is 2.95. The number of nitrogens with one attached hydrogen (secondary N) is 1. The Labute approximate surface area is 133 Å². The third-order valence-corrected chi connectivity index (χ3v) is 3.73. The van der Waals surface area contributed by atoms with Crippen molar-refractivity contribution in [1.29, 1.82) is 0 Å². The Balaban J connectivity index is 1.77. The van der Waals surface area contributed by atoms with Gasteiger partial charge >= 0.3 is 5.97 Å². The molecule has 0 atom stereocenters. The zero-order chi connectivity index (χ0) is 16.2. The van der Waals surface area contributed by atoms with Crippen LogP contribution in [0.25, 0.3) is 10.9 Å². The molecule has 5 nitrogen and oxygen atoms in total. The second kappa shape index (κ2) is 6.54. The fraction of sp³-hybridized carbons (Fsp3) is 0.167. The number of nitrogens with two attached hydrogens (primary N) is 1. The molecule has 0 aliphatic heterocycles. The van der Waals surface area contributed by atoms with Crippen molar-refractivity contribution >= 4 is 16.9 Å². The number of H-pyrrole nitrogens is 1. The summed E-state index contributed by atoms with van der Waals surface area (Å²) in [7, 11) is 0. The van der Waals surface area contributed by atoms with E-state index >= 15 is 0 Å². The molecular weight excluding hydrogens is 292 g/mol. The smallest absolute Gasteiger partial charge is 0.335 e. The number of benzene rings is 2. The van der Waals surface area contributed by atoms with Crippen LogP contribution < -0.4 is 10.5 Å². The normalized spacial score (nSPS) is 10.8. The van der Waals surface area contributed by atoms with E-state index in [0.717, 1.165) is 28.6 Å². The quantitative estimate of drug-likeness (QED) is 0.653. The molecule has 0 spiro atoms. The summed E-state index contributed by atoms with van der Waals surface area (Å²) < 4.78 is 5.80. The summed E-state index contributed by atoms with van der Waals surface area (Å²) >= 11 is 0. The molecule has 0 aliphatic rings. The van der Waals surface area contributed by atoms with Crippen LogP contribution in [-0.2, 0) is 13.0 Å². The molecule has 23 heavy (non-hydrogen) atoms. The van der Waals surface area contributed by atoms with Gasteiger partial charge in [-0.1, -0.05) is 12.1 Å². The van der Waals surface area contributed by atoms with Gasteiger partial charge in [0.25, 0.3) is 0 Å². The minimum atomic E-state index is -0.938. The second-order valence-corrected chi connectivity index (χ2v) is 5.35. The van der Waals surface area contributed by atoms with E-state index in [4.69, 9.17) is 15.6 Å². The van der Waals surface area contributed by atoms with E-state index < -0.39 is 5.97 Å². The van der Waals surface area contributed by atoms with E-state index in [1.165, 1.54) is 5.56 Å².